The van der Waals surface area contributed by atoms with Crippen molar-refractivity contribution in [1.82, 2.24) is 24.9 Å². The predicted octanol–water partition coefficient (Wildman–Crippen LogP) is 1.74. The fourth-order valence-electron chi connectivity index (χ4n) is 3.84. The summed E-state index contributed by atoms with van der Waals surface area (Å²) in [7, 11) is 0. The number of para-hydroxylation sites is 1. The first-order chi connectivity index (χ1) is 18.9. The first-order valence-corrected chi connectivity index (χ1v) is 13.0. The van der Waals surface area contributed by atoms with Crippen LogP contribution in [0.5, 0.6) is 5.88 Å². The maximum absolute atomic E-state index is 13.2. The molecule has 3 rings (SSSR count). The second kappa shape index (κ2) is 13.1. The van der Waals surface area contributed by atoms with E-state index >= 15 is 0 Å². The highest BCUT2D eigenvalue weighted by atomic mass is 16.6. The minimum Gasteiger partial charge on any atom is -0.481 e. The van der Waals surface area contributed by atoms with Crippen molar-refractivity contribution in [3.63, 3.8) is 0 Å². The van der Waals surface area contributed by atoms with E-state index < -0.39 is 41.8 Å². The van der Waals surface area contributed by atoms with Crippen LogP contribution >= 0.6 is 0 Å². The minimum absolute atomic E-state index is 0.127. The molecule has 216 valence electrons. The van der Waals surface area contributed by atoms with Crippen LogP contribution in [0.4, 0.5) is 4.79 Å². The summed E-state index contributed by atoms with van der Waals surface area (Å²) in [5.74, 6) is -2.68. The lowest BCUT2D eigenvalue weighted by atomic mass is 9.91. The number of hydrogen-bond donors (Lipinski definition) is 2. The van der Waals surface area contributed by atoms with E-state index in [1.165, 1.54) is 20.5 Å². The van der Waals surface area contributed by atoms with Crippen LogP contribution in [0.3, 0.4) is 0 Å². The first kappa shape index (κ1) is 30.1. The lowest BCUT2D eigenvalue weighted by Gasteiger charge is -2.35. The van der Waals surface area contributed by atoms with Gasteiger partial charge in [0.2, 0.25) is 11.8 Å². The van der Waals surface area contributed by atoms with E-state index in [2.05, 4.69) is 10.4 Å². The highest BCUT2D eigenvalue weighted by Gasteiger charge is 2.33. The number of benzene rings is 1. The number of rotatable bonds is 10. The third-order valence-electron chi connectivity index (χ3n) is 6.20. The molecule has 1 aromatic carbocycles. The Morgan fingerprint density at radius 1 is 1.02 bits per heavy atom. The maximum Gasteiger partial charge on any atom is 0.409 e. The summed E-state index contributed by atoms with van der Waals surface area (Å²) < 4.78 is 12.1. The van der Waals surface area contributed by atoms with Gasteiger partial charge in [-0.15, -0.1) is 0 Å². The van der Waals surface area contributed by atoms with Gasteiger partial charge in [0.15, 0.2) is 11.5 Å². The number of ketones is 1. The molecular weight excluding hydrogens is 522 g/mol. The molecule has 1 fully saturated rings. The zero-order chi connectivity index (χ0) is 29.4. The number of Topliss-reactive ketones (excluding diaryl/α,β-unsaturated/α-hetero) is 1. The Hall–Kier alpha value is -4.42. The van der Waals surface area contributed by atoms with Gasteiger partial charge in [-0.3, -0.25) is 19.2 Å². The fourth-order valence-corrected chi connectivity index (χ4v) is 3.84. The van der Waals surface area contributed by atoms with Crippen molar-refractivity contribution in [1.29, 1.82) is 0 Å². The summed E-state index contributed by atoms with van der Waals surface area (Å²) in [6.07, 6.45) is -1.13. The Labute approximate surface area is 232 Å². The molecule has 13 nitrogen and oxygen atoms in total. The van der Waals surface area contributed by atoms with E-state index in [0.29, 0.717) is 5.69 Å². The molecule has 1 aliphatic heterocycles. The van der Waals surface area contributed by atoms with Gasteiger partial charge in [0.1, 0.15) is 12.6 Å². The van der Waals surface area contributed by atoms with Crippen LogP contribution in [0.1, 0.15) is 44.6 Å². The molecule has 0 spiro atoms. The molecule has 0 bridgehead atoms. The van der Waals surface area contributed by atoms with E-state index in [1.54, 1.807) is 58.0 Å². The number of aliphatic carboxylic acids is 1. The van der Waals surface area contributed by atoms with Crippen molar-refractivity contribution in [2.24, 2.45) is 5.41 Å². The van der Waals surface area contributed by atoms with Gasteiger partial charge in [0, 0.05) is 37.7 Å². The Morgan fingerprint density at radius 2 is 1.65 bits per heavy atom. The molecule has 13 heteroatoms. The number of carbonyl (C=O) groups excluding carboxylic acids is 4. The number of carbonyl (C=O) groups is 5. The van der Waals surface area contributed by atoms with Gasteiger partial charge in [0.25, 0.3) is 5.91 Å². The monoisotopic (exact) mass is 557 g/mol. The average molecular weight is 558 g/mol. The lowest BCUT2D eigenvalue weighted by molar-refractivity contribution is -0.143. The summed E-state index contributed by atoms with van der Waals surface area (Å²) in [6.45, 7) is 7.72. The van der Waals surface area contributed by atoms with Crippen LogP contribution in [0.25, 0.3) is 5.69 Å². The van der Waals surface area contributed by atoms with Crippen molar-refractivity contribution in [3.05, 3.63) is 42.1 Å². The number of nitrogens with zero attached hydrogens (tertiary/aromatic N) is 4. The van der Waals surface area contributed by atoms with Gasteiger partial charge in [-0.1, -0.05) is 39.0 Å². The third-order valence-corrected chi connectivity index (χ3v) is 6.20. The number of amides is 3. The largest absolute Gasteiger partial charge is 0.481 e. The van der Waals surface area contributed by atoms with Gasteiger partial charge in [-0.05, 0) is 19.1 Å². The SMILES string of the molecule is CCOC(=O)N1CCN(C(=O)C(CC(=O)O)NC(=O)c2cc(OCC(=O)C(C)(C)C)n(-c3ccccc3)n2)CC1. The topological polar surface area (TPSA) is 160 Å². The summed E-state index contributed by atoms with van der Waals surface area (Å²) >= 11 is 0. The number of ether oxygens (including phenoxy) is 2. The molecular formula is C27H35N5O8. The van der Waals surface area contributed by atoms with Gasteiger partial charge in [-0.2, -0.15) is 5.10 Å². The zero-order valence-electron chi connectivity index (χ0n) is 23.1. The van der Waals surface area contributed by atoms with Gasteiger partial charge in [-0.25, -0.2) is 9.48 Å². The smallest absolute Gasteiger partial charge is 0.409 e. The average Bonchev–Trinajstić information content (AvgIpc) is 3.35. The first-order valence-electron chi connectivity index (χ1n) is 13.0. The standard InChI is InChI=1S/C27H35N5O8/c1-5-39-26(38)31-13-11-30(12-14-31)25(37)20(16-23(34)35)28-24(36)19-15-22(40-17-21(33)27(2,3)4)32(29-19)18-9-7-6-8-10-18/h6-10,15,20H,5,11-14,16-17H2,1-4H3,(H,28,36)(H,34,35). The number of aromatic nitrogens is 2. The molecule has 2 N–H and O–H groups in total. The van der Waals surface area contributed by atoms with Gasteiger partial charge < -0.3 is 29.7 Å². The van der Waals surface area contributed by atoms with E-state index in [-0.39, 0.29) is 56.7 Å². The van der Waals surface area contributed by atoms with E-state index in [0.717, 1.165) is 0 Å². The normalized spacial score (nSPS) is 14.3. The van der Waals surface area contributed by atoms with Crippen LogP contribution in [0.2, 0.25) is 0 Å². The summed E-state index contributed by atoms with van der Waals surface area (Å²) in [6, 6.07) is 8.78. The van der Waals surface area contributed by atoms with E-state index in [9.17, 15) is 29.1 Å². The maximum atomic E-state index is 13.2. The molecule has 1 aromatic heterocycles. The number of nitrogens with one attached hydrogen (secondary N) is 1. The zero-order valence-corrected chi connectivity index (χ0v) is 23.1. The Kier molecular flexibility index (Phi) is 9.86. The van der Waals surface area contributed by atoms with Crippen molar-refractivity contribution in [2.75, 3.05) is 39.4 Å². The second-order valence-corrected chi connectivity index (χ2v) is 10.2. The number of carboxylic acid groups (broad SMARTS) is 1. The van der Waals surface area contributed by atoms with Gasteiger partial charge in [0.05, 0.1) is 18.7 Å². The van der Waals surface area contributed by atoms with Crippen molar-refractivity contribution in [2.45, 2.75) is 40.2 Å². The minimum atomic E-state index is -1.37. The van der Waals surface area contributed by atoms with E-state index in [4.69, 9.17) is 9.47 Å². The molecule has 1 saturated heterocycles. The highest BCUT2D eigenvalue weighted by molar-refractivity contribution is 5.97. The molecule has 2 heterocycles. The van der Waals surface area contributed by atoms with Crippen molar-refractivity contribution >= 4 is 29.7 Å². The van der Waals surface area contributed by atoms with Crippen LogP contribution in [-0.4, -0.2) is 99.8 Å². The summed E-state index contributed by atoms with van der Waals surface area (Å²) in [5.41, 5.74) is -0.195. The summed E-state index contributed by atoms with van der Waals surface area (Å²) in [4.78, 5) is 65.2. The molecule has 0 aliphatic carbocycles. The molecule has 0 radical (unpaired) electrons. The Balaban J connectivity index is 1.77. The highest BCUT2D eigenvalue weighted by Crippen LogP contribution is 2.22. The summed E-state index contributed by atoms with van der Waals surface area (Å²) in [5, 5.41) is 16.2. The van der Waals surface area contributed by atoms with Gasteiger partial charge >= 0.3 is 12.1 Å². The molecule has 1 unspecified atom stereocenters. The number of carboxylic acids is 1. The van der Waals surface area contributed by atoms with Crippen LogP contribution < -0.4 is 10.1 Å². The third kappa shape index (κ3) is 7.80. The van der Waals surface area contributed by atoms with E-state index in [1.807, 2.05) is 0 Å². The Bertz CT molecular complexity index is 1230. The molecule has 1 aliphatic rings. The van der Waals surface area contributed by atoms with Crippen molar-refractivity contribution in [3.8, 4) is 11.6 Å². The molecule has 3 amide bonds. The number of piperazine rings is 1. The van der Waals surface area contributed by atoms with Crippen LogP contribution in [0.15, 0.2) is 36.4 Å². The predicted molar refractivity (Wildman–Crippen MR) is 142 cm³/mol. The molecule has 40 heavy (non-hydrogen) atoms. The number of hydrogen-bond acceptors (Lipinski definition) is 8. The second-order valence-electron chi connectivity index (χ2n) is 10.2. The lowest BCUT2D eigenvalue weighted by Crippen LogP contribution is -2.56. The fraction of sp³-hybridized carbons (Fsp3) is 0.481. The molecule has 2 aromatic rings. The van der Waals surface area contributed by atoms with Crippen LogP contribution in [-0.2, 0) is 19.1 Å². The quantitative estimate of drug-likeness (QED) is 0.443. The van der Waals surface area contributed by atoms with Crippen molar-refractivity contribution < 1.29 is 38.6 Å². The Morgan fingerprint density at radius 3 is 2.23 bits per heavy atom. The molecule has 1 atom stereocenters. The molecule has 0 saturated carbocycles. The van der Waals surface area contributed by atoms with Crippen LogP contribution in [0, 0.1) is 5.41 Å².